The van der Waals surface area contributed by atoms with Crippen molar-refractivity contribution in [1.82, 2.24) is 5.01 Å². The molecule has 0 spiro atoms. The summed E-state index contributed by atoms with van der Waals surface area (Å²) in [6.07, 6.45) is 3.49. The summed E-state index contributed by atoms with van der Waals surface area (Å²) in [6, 6.07) is 22.5. The van der Waals surface area contributed by atoms with E-state index in [1.165, 1.54) is 12.1 Å². The second-order valence-electron chi connectivity index (χ2n) is 7.57. The Morgan fingerprint density at radius 1 is 0.946 bits per heavy atom. The quantitative estimate of drug-likeness (QED) is 0.235. The number of methoxy groups -OCH3 is 1. The molecular weight excluding hydrogens is 488 g/mol. The smallest absolute Gasteiger partial charge is 0.360 e. The average molecular weight is 519 g/mol. The Kier molecular flexibility index (Phi) is 9.92. The van der Waals surface area contributed by atoms with Crippen molar-refractivity contribution < 1.29 is 19.0 Å². The minimum atomic E-state index is -0.553. The number of benzene rings is 3. The highest BCUT2D eigenvalue weighted by molar-refractivity contribution is 6.30. The molecule has 0 unspecified atom stereocenters. The van der Waals surface area contributed by atoms with Crippen molar-refractivity contribution in [3.63, 3.8) is 0 Å². The highest BCUT2D eigenvalue weighted by Gasteiger charge is 2.35. The molecule has 0 saturated carbocycles. The molecule has 4 rings (SSSR count). The third-order valence-electron chi connectivity index (χ3n) is 5.31. The maximum absolute atomic E-state index is 12.9. The van der Waals surface area contributed by atoms with Gasteiger partial charge in [0, 0.05) is 22.4 Å². The van der Waals surface area contributed by atoms with Crippen molar-refractivity contribution in [2.45, 2.75) is 34.3 Å². The van der Waals surface area contributed by atoms with E-state index in [0.29, 0.717) is 28.0 Å². The lowest BCUT2D eigenvalue weighted by atomic mass is 9.96. The van der Waals surface area contributed by atoms with Gasteiger partial charge in [0.1, 0.15) is 18.1 Å². The normalized spacial score (nSPS) is 13.7. The number of hydrogen-bond acceptors (Lipinski definition) is 6. The van der Waals surface area contributed by atoms with E-state index in [0.717, 1.165) is 16.7 Å². The number of hydrogen-bond donors (Lipinski definition) is 0. The zero-order valence-electron chi connectivity index (χ0n) is 21.7. The van der Waals surface area contributed by atoms with E-state index < -0.39 is 5.97 Å². The Bertz CT molecular complexity index is 1320. The first kappa shape index (κ1) is 27.6. The van der Waals surface area contributed by atoms with Gasteiger partial charge >= 0.3 is 5.97 Å². The molecule has 0 amide bonds. The van der Waals surface area contributed by atoms with E-state index in [-0.39, 0.29) is 12.3 Å². The fraction of sp³-hybridized carbons (Fsp3) is 0.200. The third kappa shape index (κ3) is 6.40. The molecule has 37 heavy (non-hydrogen) atoms. The van der Waals surface area contributed by atoms with Gasteiger partial charge in [0.05, 0.1) is 12.8 Å². The van der Waals surface area contributed by atoms with Gasteiger partial charge in [-0.3, -0.25) is 0 Å². The Morgan fingerprint density at radius 3 is 2.32 bits per heavy atom. The molecule has 7 heteroatoms. The van der Waals surface area contributed by atoms with E-state index in [2.05, 4.69) is 5.10 Å². The SMILES string of the molecule is C/C=N\N1C(C(=O)OC)=C(OCc2ccccc2)c2ccc(Oc3cccc(Cl)c3)cc2/C1=C\C.CC. The lowest BCUT2D eigenvalue weighted by Gasteiger charge is -2.32. The summed E-state index contributed by atoms with van der Waals surface area (Å²) in [5.74, 6) is 1.05. The molecule has 0 fully saturated rings. The molecule has 0 saturated heterocycles. The fourth-order valence-corrected chi connectivity index (χ4v) is 3.97. The highest BCUT2D eigenvalue weighted by Crippen LogP contribution is 2.42. The molecule has 0 N–H and O–H groups in total. The van der Waals surface area contributed by atoms with Gasteiger partial charge in [-0.2, -0.15) is 5.10 Å². The molecule has 3 aromatic rings. The standard InChI is InChI=1S/C28H25ClN2O4.C2H6/c1-4-25-24-17-22(35-21-13-9-12-20(29)16-21)14-15-23(24)27(34-18-19-10-7-6-8-11-19)26(28(32)33-3)31(25)30-5-2;1-2/h4-17H,18H2,1-3H3;1-2H3/b25-4+,30-5-;. The molecule has 192 valence electrons. The lowest BCUT2D eigenvalue weighted by molar-refractivity contribution is -0.137. The number of halogens is 1. The van der Waals surface area contributed by atoms with Crippen LogP contribution in [0.15, 0.2) is 89.7 Å². The van der Waals surface area contributed by atoms with E-state index in [1.807, 2.05) is 87.5 Å². The first-order chi connectivity index (χ1) is 18.0. The van der Waals surface area contributed by atoms with Crippen molar-refractivity contribution in [2.24, 2.45) is 5.10 Å². The molecule has 3 aromatic carbocycles. The van der Waals surface area contributed by atoms with E-state index >= 15 is 0 Å². The van der Waals surface area contributed by atoms with Crippen LogP contribution in [-0.4, -0.2) is 24.3 Å². The van der Waals surface area contributed by atoms with Crippen molar-refractivity contribution in [2.75, 3.05) is 7.11 Å². The maximum atomic E-state index is 12.9. The second-order valence-corrected chi connectivity index (χ2v) is 8.01. The largest absolute Gasteiger partial charge is 0.486 e. The summed E-state index contributed by atoms with van der Waals surface area (Å²) in [6.45, 7) is 7.93. The Labute approximate surface area is 223 Å². The average Bonchev–Trinajstić information content (AvgIpc) is 2.93. The summed E-state index contributed by atoms with van der Waals surface area (Å²) in [5, 5.41) is 6.58. The molecule has 1 aliphatic rings. The van der Waals surface area contributed by atoms with Crippen LogP contribution in [0.2, 0.25) is 5.02 Å². The fourth-order valence-electron chi connectivity index (χ4n) is 3.79. The number of allylic oxidation sites excluding steroid dienone is 1. The number of carbonyl (C=O) groups excluding carboxylic acids is 1. The molecular formula is C30H31ClN2O4. The van der Waals surface area contributed by atoms with E-state index in [9.17, 15) is 4.79 Å². The van der Waals surface area contributed by atoms with Gasteiger partial charge in [-0.1, -0.05) is 67.9 Å². The van der Waals surface area contributed by atoms with Crippen LogP contribution in [0.1, 0.15) is 44.4 Å². The predicted octanol–water partition coefficient (Wildman–Crippen LogP) is 7.90. The Hall–Kier alpha value is -4.03. The van der Waals surface area contributed by atoms with Gasteiger partial charge in [0.25, 0.3) is 0 Å². The van der Waals surface area contributed by atoms with Gasteiger partial charge < -0.3 is 14.2 Å². The number of carbonyl (C=O) groups is 1. The van der Waals surface area contributed by atoms with Gasteiger partial charge in [0.15, 0.2) is 11.5 Å². The zero-order valence-corrected chi connectivity index (χ0v) is 22.5. The van der Waals surface area contributed by atoms with Crippen molar-refractivity contribution in [1.29, 1.82) is 0 Å². The summed E-state index contributed by atoms with van der Waals surface area (Å²) in [7, 11) is 1.34. The minimum Gasteiger partial charge on any atom is -0.486 e. The lowest BCUT2D eigenvalue weighted by Crippen LogP contribution is -2.29. The summed E-state index contributed by atoms with van der Waals surface area (Å²) >= 11 is 6.11. The third-order valence-corrected chi connectivity index (χ3v) is 5.54. The second kappa shape index (κ2) is 13.3. The van der Waals surface area contributed by atoms with Crippen LogP contribution in [0, 0.1) is 0 Å². The molecule has 0 aliphatic carbocycles. The topological polar surface area (TPSA) is 60.4 Å². The summed E-state index contributed by atoms with van der Waals surface area (Å²) in [4.78, 5) is 12.9. The first-order valence-electron chi connectivity index (χ1n) is 12.1. The van der Waals surface area contributed by atoms with Crippen LogP contribution in [-0.2, 0) is 20.9 Å². The van der Waals surface area contributed by atoms with Gasteiger partial charge in [-0.15, -0.1) is 0 Å². The highest BCUT2D eigenvalue weighted by atomic mass is 35.5. The van der Waals surface area contributed by atoms with Crippen LogP contribution >= 0.6 is 11.6 Å². The summed E-state index contributed by atoms with van der Waals surface area (Å²) < 4.78 is 17.4. The van der Waals surface area contributed by atoms with E-state index in [4.69, 9.17) is 25.8 Å². The molecule has 0 aromatic heterocycles. The molecule has 0 radical (unpaired) electrons. The molecule has 1 heterocycles. The molecule has 0 bridgehead atoms. The van der Waals surface area contributed by atoms with Crippen LogP contribution in [0.4, 0.5) is 0 Å². The van der Waals surface area contributed by atoms with Gasteiger partial charge in [0.2, 0.25) is 0 Å². The first-order valence-corrected chi connectivity index (χ1v) is 12.5. The van der Waals surface area contributed by atoms with Gasteiger partial charge in [-0.25, -0.2) is 9.80 Å². The molecule has 1 aliphatic heterocycles. The number of ether oxygens (including phenoxy) is 3. The molecule has 0 atom stereocenters. The number of nitrogens with zero attached hydrogens (tertiary/aromatic N) is 2. The van der Waals surface area contributed by atoms with Gasteiger partial charge in [-0.05, 0) is 55.8 Å². The number of esters is 1. The molecule has 6 nitrogen and oxygen atoms in total. The maximum Gasteiger partial charge on any atom is 0.360 e. The van der Waals surface area contributed by atoms with Crippen LogP contribution in [0.5, 0.6) is 11.5 Å². The van der Waals surface area contributed by atoms with Crippen molar-refractivity contribution in [3.05, 3.63) is 106 Å². The number of rotatable bonds is 7. The predicted molar refractivity (Wildman–Crippen MR) is 149 cm³/mol. The minimum absolute atomic E-state index is 0.200. The monoisotopic (exact) mass is 518 g/mol. The number of fused-ring (bicyclic) bond motifs is 1. The Morgan fingerprint density at radius 2 is 1.68 bits per heavy atom. The Balaban J connectivity index is 0.00000186. The van der Waals surface area contributed by atoms with Crippen molar-refractivity contribution >= 4 is 35.2 Å². The van der Waals surface area contributed by atoms with Crippen molar-refractivity contribution in [3.8, 4) is 11.5 Å². The van der Waals surface area contributed by atoms with Crippen LogP contribution in [0.3, 0.4) is 0 Å². The zero-order chi connectivity index (χ0) is 26.8. The summed E-state index contributed by atoms with van der Waals surface area (Å²) in [5.41, 5.74) is 3.39. The van der Waals surface area contributed by atoms with Crippen LogP contribution in [0.25, 0.3) is 11.5 Å². The van der Waals surface area contributed by atoms with Crippen LogP contribution < -0.4 is 4.74 Å². The number of hydrazone groups is 1. The van der Waals surface area contributed by atoms with E-state index in [1.54, 1.807) is 25.3 Å².